The van der Waals surface area contributed by atoms with Gasteiger partial charge in [-0.05, 0) is 12.1 Å². The van der Waals surface area contributed by atoms with Crippen LogP contribution in [0.25, 0.3) is 11.3 Å². The van der Waals surface area contributed by atoms with E-state index in [2.05, 4.69) is 17.3 Å². The van der Waals surface area contributed by atoms with E-state index in [0.717, 1.165) is 11.3 Å². The number of aromatic nitrogens is 1. The second-order valence-electron chi connectivity index (χ2n) is 3.89. The molecule has 0 bridgehead atoms. The molecule has 2 nitrogen and oxygen atoms in total. The Morgan fingerprint density at radius 2 is 1.88 bits per heavy atom. The minimum absolute atomic E-state index is 0.218. The fourth-order valence-electron chi connectivity index (χ4n) is 1.86. The molecule has 3 rings (SSSR count). The third kappa shape index (κ3) is 1.92. The fourth-order valence-corrected chi connectivity index (χ4v) is 2.09. The average Bonchev–Trinajstić information content (AvgIpc) is 3.00. The van der Waals surface area contributed by atoms with E-state index in [4.69, 9.17) is 16.1 Å². The molecule has 84 valence electrons. The van der Waals surface area contributed by atoms with Crippen LogP contribution < -0.4 is 0 Å². The second-order valence-corrected chi connectivity index (χ2v) is 4.30. The van der Waals surface area contributed by atoms with Gasteiger partial charge < -0.3 is 4.52 Å². The first-order chi connectivity index (χ1) is 8.34. The third-order valence-corrected chi connectivity index (χ3v) is 3.09. The lowest BCUT2D eigenvalue weighted by Gasteiger charge is -1.97. The molecular weight excluding hydrogens is 234 g/mol. The Morgan fingerprint density at radius 1 is 1.12 bits per heavy atom. The molecule has 17 heavy (non-hydrogen) atoms. The van der Waals surface area contributed by atoms with Crippen molar-refractivity contribution in [2.24, 2.45) is 0 Å². The molecule has 1 aliphatic carbocycles. The topological polar surface area (TPSA) is 26.0 Å². The lowest BCUT2D eigenvalue weighted by molar-refractivity contribution is 0.423. The van der Waals surface area contributed by atoms with Gasteiger partial charge in [0.05, 0.1) is 10.7 Å². The molecule has 3 heteroatoms. The van der Waals surface area contributed by atoms with Crippen molar-refractivity contribution in [2.45, 2.75) is 5.92 Å². The van der Waals surface area contributed by atoms with E-state index < -0.39 is 0 Å². The Morgan fingerprint density at radius 3 is 2.65 bits per heavy atom. The van der Waals surface area contributed by atoms with Crippen molar-refractivity contribution in [1.82, 2.24) is 5.16 Å². The summed E-state index contributed by atoms with van der Waals surface area (Å²) in [4.78, 5) is 0. The van der Waals surface area contributed by atoms with Crippen LogP contribution in [0.5, 0.6) is 0 Å². The highest BCUT2D eigenvalue weighted by molar-refractivity contribution is 6.33. The van der Waals surface area contributed by atoms with Crippen LogP contribution >= 0.6 is 11.6 Å². The molecule has 0 spiro atoms. The van der Waals surface area contributed by atoms with Gasteiger partial charge in [0.15, 0.2) is 5.76 Å². The molecular formula is C14H10ClNO. The molecule has 0 atom stereocenters. The molecule has 0 saturated carbocycles. The molecule has 0 aliphatic heterocycles. The first kappa shape index (κ1) is 10.4. The third-order valence-electron chi connectivity index (χ3n) is 2.76. The summed E-state index contributed by atoms with van der Waals surface area (Å²) in [5.41, 5.74) is 1.78. The van der Waals surface area contributed by atoms with Crippen molar-refractivity contribution < 1.29 is 4.52 Å². The van der Waals surface area contributed by atoms with Gasteiger partial charge in [0.2, 0.25) is 0 Å². The zero-order valence-electron chi connectivity index (χ0n) is 9.01. The van der Waals surface area contributed by atoms with Gasteiger partial charge in [0.1, 0.15) is 0 Å². The van der Waals surface area contributed by atoms with Gasteiger partial charge in [-0.3, -0.25) is 0 Å². The summed E-state index contributed by atoms with van der Waals surface area (Å²) in [5.74, 6) is 0.925. The molecule has 0 saturated heterocycles. The highest BCUT2D eigenvalue weighted by atomic mass is 35.5. The largest absolute Gasteiger partial charge is 0.356 e. The highest BCUT2D eigenvalue weighted by Crippen LogP contribution is 2.31. The minimum atomic E-state index is 0.218. The van der Waals surface area contributed by atoms with Gasteiger partial charge in [-0.15, -0.1) is 0 Å². The van der Waals surface area contributed by atoms with E-state index in [1.807, 2.05) is 42.5 Å². The van der Waals surface area contributed by atoms with Crippen LogP contribution in [0.1, 0.15) is 11.6 Å². The summed E-state index contributed by atoms with van der Waals surface area (Å²) in [6.45, 7) is 0. The monoisotopic (exact) mass is 243 g/mol. The summed E-state index contributed by atoms with van der Waals surface area (Å²) in [6, 6.07) is 9.53. The Kier molecular flexibility index (Phi) is 2.57. The van der Waals surface area contributed by atoms with Gasteiger partial charge in [0, 0.05) is 17.5 Å². The van der Waals surface area contributed by atoms with Gasteiger partial charge in [-0.2, -0.15) is 0 Å². The number of rotatable bonds is 2. The van der Waals surface area contributed by atoms with Crippen LogP contribution in [-0.4, -0.2) is 5.16 Å². The van der Waals surface area contributed by atoms with Crippen LogP contribution in [0.15, 0.2) is 59.2 Å². The molecule has 1 aliphatic rings. The maximum Gasteiger partial charge on any atom is 0.168 e. The summed E-state index contributed by atoms with van der Waals surface area (Å²) in [5, 5.41) is 4.75. The summed E-state index contributed by atoms with van der Waals surface area (Å²) < 4.78 is 5.34. The van der Waals surface area contributed by atoms with Crippen molar-refractivity contribution in [1.29, 1.82) is 0 Å². The number of hydrogen-bond acceptors (Lipinski definition) is 2. The molecule has 1 aromatic carbocycles. The maximum atomic E-state index is 6.11. The molecule has 0 amide bonds. The second kappa shape index (κ2) is 4.22. The Bertz CT molecular complexity index is 586. The maximum absolute atomic E-state index is 6.11. The van der Waals surface area contributed by atoms with Crippen molar-refractivity contribution in [3.8, 4) is 11.3 Å². The first-order valence-electron chi connectivity index (χ1n) is 5.41. The van der Waals surface area contributed by atoms with Crippen LogP contribution in [0, 0.1) is 0 Å². The quantitative estimate of drug-likeness (QED) is 0.790. The fraction of sp³-hybridized carbons (Fsp3) is 0.0714. The van der Waals surface area contributed by atoms with Crippen LogP contribution in [-0.2, 0) is 0 Å². The predicted molar refractivity (Wildman–Crippen MR) is 68.0 cm³/mol. The number of halogens is 1. The predicted octanol–water partition coefficient (Wildman–Crippen LogP) is 4.20. The first-order valence-corrected chi connectivity index (χ1v) is 5.79. The van der Waals surface area contributed by atoms with E-state index in [0.29, 0.717) is 10.8 Å². The van der Waals surface area contributed by atoms with E-state index in [1.54, 1.807) is 0 Å². The summed E-state index contributed by atoms with van der Waals surface area (Å²) in [6.07, 6.45) is 8.17. The van der Waals surface area contributed by atoms with Crippen molar-refractivity contribution >= 4 is 11.6 Å². The highest BCUT2D eigenvalue weighted by Gasteiger charge is 2.15. The molecule has 0 N–H and O–H groups in total. The number of nitrogens with zero attached hydrogens (tertiary/aromatic N) is 1. The normalized spacial score (nSPS) is 14.6. The zero-order valence-corrected chi connectivity index (χ0v) is 9.76. The SMILES string of the molecule is Clc1ccccc1-c1cc(C2C=CC=C2)no1. The lowest BCUT2D eigenvalue weighted by Crippen LogP contribution is -1.87. The Labute approximate surface area is 104 Å². The van der Waals surface area contributed by atoms with Crippen molar-refractivity contribution in [3.63, 3.8) is 0 Å². The van der Waals surface area contributed by atoms with Gasteiger partial charge in [0.25, 0.3) is 0 Å². The molecule has 0 radical (unpaired) electrons. The smallest absolute Gasteiger partial charge is 0.168 e. The molecule has 0 unspecified atom stereocenters. The van der Waals surface area contributed by atoms with Crippen LogP contribution in [0.2, 0.25) is 5.02 Å². The molecule has 0 fully saturated rings. The molecule has 1 heterocycles. The summed E-state index contributed by atoms with van der Waals surface area (Å²) >= 11 is 6.11. The number of allylic oxidation sites excluding steroid dienone is 4. The zero-order chi connectivity index (χ0) is 11.7. The summed E-state index contributed by atoms with van der Waals surface area (Å²) in [7, 11) is 0. The number of benzene rings is 1. The van der Waals surface area contributed by atoms with E-state index in [9.17, 15) is 0 Å². The van der Waals surface area contributed by atoms with Crippen molar-refractivity contribution in [2.75, 3.05) is 0 Å². The average molecular weight is 244 g/mol. The van der Waals surface area contributed by atoms with Gasteiger partial charge in [-0.25, -0.2) is 0 Å². The van der Waals surface area contributed by atoms with Crippen LogP contribution in [0.3, 0.4) is 0 Å². The van der Waals surface area contributed by atoms with E-state index in [1.165, 1.54) is 0 Å². The number of hydrogen-bond donors (Lipinski definition) is 0. The van der Waals surface area contributed by atoms with Gasteiger partial charge >= 0.3 is 0 Å². The van der Waals surface area contributed by atoms with Crippen LogP contribution in [0.4, 0.5) is 0 Å². The lowest BCUT2D eigenvalue weighted by atomic mass is 10.1. The van der Waals surface area contributed by atoms with E-state index >= 15 is 0 Å². The molecule has 1 aromatic heterocycles. The standard InChI is InChI=1S/C14H10ClNO/c15-12-8-4-3-7-11(12)14-9-13(16-17-14)10-5-1-2-6-10/h1-10H. The Hall–Kier alpha value is -1.80. The van der Waals surface area contributed by atoms with E-state index in [-0.39, 0.29) is 5.92 Å². The Balaban J connectivity index is 1.98. The minimum Gasteiger partial charge on any atom is -0.356 e. The molecule has 2 aromatic rings. The van der Waals surface area contributed by atoms with Crippen molar-refractivity contribution in [3.05, 3.63) is 65.4 Å². The van der Waals surface area contributed by atoms with Gasteiger partial charge in [-0.1, -0.05) is 53.2 Å².